The summed E-state index contributed by atoms with van der Waals surface area (Å²) in [6.07, 6.45) is -0.549. The Morgan fingerprint density at radius 3 is 2.44 bits per heavy atom. The van der Waals surface area contributed by atoms with E-state index in [1.807, 2.05) is 45.0 Å². The number of nitrogens with zero attached hydrogens (tertiary/aromatic N) is 1. The molecule has 3 heteroatoms. The molecule has 1 atom stereocenters. The van der Waals surface area contributed by atoms with Gasteiger partial charge in [0.2, 0.25) is 0 Å². The minimum atomic E-state index is -0.549. The third-order valence-electron chi connectivity index (χ3n) is 2.59. The molecule has 2 rings (SSSR count). The van der Waals surface area contributed by atoms with Gasteiger partial charge in [-0.3, -0.25) is 4.98 Å². The second-order valence-corrected chi connectivity index (χ2v) is 5.30. The van der Waals surface area contributed by atoms with E-state index in [0.717, 1.165) is 21.8 Å². The molecule has 0 fully saturated rings. The molecule has 0 saturated heterocycles. The molecule has 0 amide bonds. The van der Waals surface area contributed by atoms with E-state index in [9.17, 15) is 5.11 Å². The van der Waals surface area contributed by atoms with E-state index >= 15 is 0 Å². The number of pyridine rings is 1. The number of hydrogen-bond donors (Lipinski definition) is 1. The maximum absolute atomic E-state index is 10.2. The largest absolute Gasteiger partial charge is 0.383 e. The second-order valence-electron chi connectivity index (χ2n) is 3.98. The van der Waals surface area contributed by atoms with E-state index in [2.05, 4.69) is 4.98 Å². The molecule has 2 heterocycles. The minimum absolute atomic E-state index is 0.549. The van der Waals surface area contributed by atoms with Gasteiger partial charge in [0.15, 0.2) is 0 Å². The van der Waals surface area contributed by atoms with Crippen molar-refractivity contribution in [2.45, 2.75) is 26.9 Å². The average Bonchev–Trinajstić information content (AvgIpc) is 2.64. The lowest BCUT2D eigenvalue weighted by Crippen LogP contribution is -2.02. The number of aromatic nitrogens is 1. The van der Waals surface area contributed by atoms with Gasteiger partial charge in [0.05, 0.1) is 0 Å². The van der Waals surface area contributed by atoms with Crippen LogP contribution in [0.15, 0.2) is 24.3 Å². The van der Waals surface area contributed by atoms with Crippen LogP contribution in [0.5, 0.6) is 0 Å². The van der Waals surface area contributed by atoms with E-state index in [1.54, 1.807) is 11.3 Å². The standard InChI is InChI=1S/C13H15NOS/c1-8-4-6-11(10(3)14-8)13(15)12-7-5-9(2)16-12/h4-7,13,15H,1-3H3. The van der Waals surface area contributed by atoms with Crippen LogP contribution in [0.2, 0.25) is 0 Å². The highest BCUT2D eigenvalue weighted by Gasteiger charge is 2.15. The first kappa shape index (κ1) is 11.3. The van der Waals surface area contributed by atoms with Crippen molar-refractivity contribution in [1.82, 2.24) is 4.98 Å². The van der Waals surface area contributed by atoms with Gasteiger partial charge in [-0.1, -0.05) is 6.07 Å². The minimum Gasteiger partial charge on any atom is -0.383 e. The fourth-order valence-electron chi connectivity index (χ4n) is 1.74. The third kappa shape index (κ3) is 2.15. The van der Waals surface area contributed by atoms with Crippen molar-refractivity contribution in [1.29, 1.82) is 0 Å². The summed E-state index contributed by atoms with van der Waals surface area (Å²) in [5.41, 5.74) is 2.78. The summed E-state index contributed by atoms with van der Waals surface area (Å²) >= 11 is 1.63. The van der Waals surface area contributed by atoms with Crippen LogP contribution in [-0.4, -0.2) is 10.1 Å². The van der Waals surface area contributed by atoms with Crippen LogP contribution in [0.4, 0.5) is 0 Å². The quantitative estimate of drug-likeness (QED) is 0.864. The Bertz CT molecular complexity index is 504. The predicted octanol–water partition coefficient (Wildman–Crippen LogP) is 3.15. The maximum Gasteiger partial charge on any atom is 0.115 e. The topological polar surface area (TPSA) is 33.1 Å². The first-order valence-corrected chi connectivity index (χ1v) is 6.08. The number of thiophene rings is 1. The van der Waals surface area contributed by atoms with Gasteiger partial charge in [-0.05, 0) is 39.0 Å². The van der Waals surface area contributed by atoms with Crippen LogP contribution in [0.1, 0.15) is 32.8 Å². The average molecular weight is 233 g/mol. The van der Waals surface area contributed by atoms with Gasteiger partial charge >= 0.3 is 0 Å². The monoisotopic (exact) mass is 233 g/mol. The van der Waals surface area contributed by atoms with Gasteiger partial charge in [-0.2, -0.15) is 0 Å². The molecular weight excluding hydrogens is 218 g/mol. The smallest absolute Gasteiger partial charge is 0.115 e. The number of aliphatic hydroxyl groups is 1. The summed E-state index contributed by atoms with van der Waals surface area (Å²) in [5, 5.41) is 10.2. The highest BCUT2D eigenvalue weighted by atomic mass is 32.1. The van der Waals surface area contributed by atoms with Crippen molar-refractivity contribution in [2.24, 2.45) is 0 Å². The molecule has 0 aromatic carbocycles. The Labute approximate surface area is 99.6 Å². The Kier molecular flexibility index (Phi) is 3.08. The molecule has 84 valence electrons. The number of rotatable bonds is 2. The van der Waals surface area contributed by atoms with Crippen molar-refractivity contribution in [3.63, 3.8) is 0 Å². The molecule has 0 spiro atoms. The molecule has 1 unspecified atom stereocenters. The summed E-state index contributed by atoms with van der Waals surface area (Å²) in [5.74, 6) is 0. The molecule has 0 aliphatic carbocycles. The van der Waals surface area contributed by atoms with E-state index < -0.39 is 6.10 Å². The van der Waals surface area contributed by atoms with Crippen molar-refractivity contribution < 1.29 is 5.11 Å². The van der Waals surface area contributed by atoms with E-state index in [4.69, 9.17) is 0 Å². The summed E-state index contributed by atoms with van der Waals surface area (Å²) in [6, 6.07) is 7.90. The van der Waals surface area contributed by atoms with E-state index in [-0.39, 0.29) is 0 Å². The highest BCUT2D eigenvalue weighted by molar-refractivity contribution is 7.12. The third-order valence-corrected chi connectivity index (χ3v) is 3.64. The predicted molar refractivity (Wildman–Crippen MR) is 66.8 cm³/mol. The summed E-state index contributed by atoms with van der Waals surface area (Å²) < 4.78 is 0. The van der Waals surface area contributed by atoms with Crippen molar-refractivity contribution in [3.8, 4) is 0 Å². The van der Waals surface area contributed by atoms with Crippen LogP contribution >= 0.6 is 11.3 Å². The normalized spacial score (nSPS) is 12.8. The molecule has 0 radical (unpaired) electrons. The molecule has 2 nitrogen and oxygen atoms in total. The van der Waals surface area contributed by atoms with Gasteiger partial charge < -0.3 is 5.11 Å². The van der Waals surface area contributed by atoms with Gasteiger partial charge in [0.1, 0.15) is 6.10 Å². The lowest BCUT2D eigenvalue weighted by molar-refractivity contribution is 0.223. The first-order chi connectivity index (χ1) is 7.58. The molecule has 16 heavy (non-hydrogen) atoms. The van der Waals surface area contributed by atoms with Crippen molar-refractivity contribution >= 4 is 11.3 Å². The number of hydrogen-bond acceptors (Lipinski definition) is 3. The lowest BCUT2D eigenvalue weighted by Gasteiger charge is -2.11. The van der Waals surface area contributed by atoms with E-state index in [1.165, 1.54) is 4.88 Å². The highest BCUT2D eigenvalue weighted by Crippen LogP contribution is 2.29. The Morgan fingerprint density at radius 2 is 1.88 bits per heavy atom. The molecular formula is C13H15NOS. The van der Waals surface area contributed by atoms with Gasteiger partial charge in [-0.25, -0.2) is 0 Å². The molecule has 0 aliphatic heterocycles. The zero-order valence-corrected chi connectivity index (χ0v) is 10.5. The molecule has 0 saturated carbocycles. The SMILES string of the molecule is Cc1ccc(C(O)c2ccc(C)s2)c(C)n1. The first-order valence-electron chi connectivity index (χ1n) is 5.26. The van der Waals surface area contributed by atoms with E-state index in [0.29, 0.717) is 0 Å². The van der Waals surface area contributed by atoms with Crippen LogP contribution in [-0.2, 0) is 0 Å². The maximum atomic E-state index is 10.2. The van der Waals surface area contributed by atoms with Crippen molar-refractivity contribution in [3.05, 3.63) is 51.0 Å². The second kappa shape index (κ2) is 4.36. The zero-order valence-electron chi connectivity index (χ0n) is 9.69. The van der Waals surface area contributed by atoms with Crippen LogP contribution in [0, 0.1) is 20.8 Å². The summed E-state index contributed by atoms with van der Waals surface area (Å²) in [4.78, 5) is 6.56. The molecule has 2 aromatic rings. The fraction of sp³-hybridized carbons (Fsp3) is 0.308. The summed E-state index contributed by atoms with van der Waals surface area (Å²) in [7, 11) is 0. The van der Waals surface area contributed by atoms with Gasteiger partial charge in [-0.15, -0.1) is 11.3 Å². The Hall–Kier alpha value is -1.19. The van der Waals surface area contributed by atoms with Gasteiger partial charge in [0, 0.05) is 26.7 Å². The van der Waals surface area contributed by atoms with Crippen LogP contribution < -0.4 is 0 Å². The Balaban J connectivity index is 2.37. The van der Waals surface area contributed by atoms with Crippen LogP contribution in [0.3, 0.4) is 0 Å². The zero-order chi connectivity index (χ0) is 11.7. The Morgan fingerprint density at radius 1 is 1.12 bits per heavy atom. The molecule has 2 aromatic heterocycles. The van der Waals surface area contributed by atoms with Crippen LogP contribution in [0.25, 0.3) is 0 Å². The lowest BCUT2D eigenvalue weighted by atomic mass is 10.1. The molecule has 1 N–H and O–H groups in total. The molecule has 0 aliphatic rings. The number of aliphatic hydroxyl groups excluding tert-OH is 1. The summed E-state index contributed by atoms with van der Waals surface area (Å²) in [6.45, 7) is 5.94. The molecule has 0 bridgehead atoms. The number of aryl methyl sites for hydroxylation is 3. The van der Waals surface area contributed by atoms with Gasteiger partial charge in [0.25, 0.3) is 0 Å². The fourth-order valence-corrected chi connectivity index (χ4v) is 2.62. The van der Waals surface area contributed by atoms with Crippen molar-refractivity contribution in [2.75, 3.05) is 0 Å².